The summed E-state index contributed by atoms with van der Waals surface area (Å²) in [4.78, 5) is 25.4. The van der Waals surface area contributed by atoms with Crippen LogP contribution in [0.5, 0.6) is 0 Å². The lowest BCUT2D eigenvalue weighted by atomic mass is 10.1. The molecule has 1 fully saturated rings. The Morgan fingerprint density at radius 3 is 2.73 bits per heavy atom. The highest BCUT2D eigenvalue weighted by atomic mass is 35.5. The second-order valence-corrected chi connectivity index (χ2v) is 7.61. The Labute approximate surface area is 177 Å². The van der Waals surface area contributed by atoms with E-state index in [9.17, 15) is 18.4 Å². The Morgan fingerprint density at radius 1 is 1.37 bits per heavy atom. The number of carbonyl (C=O) groups is 2. The van der Waals surface area contributed by atoms with Crippen LogP contribution in [0.3, 0.4) is 0 Å². The first kappa shape index (κ1) is 21.7. The van der Waals surface area contributed by atoms with Gasteiger partial charge in [0, 0.05) is 24.2 Å². The average Bonchev–Trinajstić information content (AvgIpc) is 3.24. The van der Waals surface area contributed by atoms with Gasteiger partial charge in [-0.15, -0.1) is 0 Å². The molecule has 1 atom stereocenters. The van der Waals surface area contributed by atoms with Crippen molar-refractivity contribution in [1.29, 1.82) is 5.26 Å². The van der Waals surface area contributed by atoms with E-state index in [1.54, 1.807) is 36.0 Å². The molecule has 10 heteroatoms. The van der Waals surface area contributed by atoms with Crippen molar-refractivity contribution in [1.82, 2.24) is 20.0 Å². The minimum Gasteiger partial charge on any atom is -0.343 e. The minimum absolute atomic E-state index is 0.294. The molecule has 158 valence electrons. The predicted molar refractivity (Wildman–Crippen MR) is 105 cm³/mol. The zero-order chi connectivity index (χ0) is 21.9. The van der Waals surface area contributed by atoms with Gasteiger partial charge in [0.15, 0.2) is 0 Å². The average molecular weight is 436 g/mol. The zero-order valence-electron chi connectivity index (χ0n) is 16.2. The number of benzene rings is 1. The van der Waals surface area contributed by atoms with E-state index in [1.807, 2.05) is 12.1 Å². The topological polar surface area (TPSA) is 91.0 Å². The number of carbonyl (C=O) groups excluding carboxylic acids is 2. The van der Waals surface area contributed by atoms with Gasteiger partial charge in [-0.3, -0.25) is 14.3 Å². The fourth-order valence-corrected chi connectivity index (χ4v) is 3.42. The van der Waals surface area contributed by atoms with Gasteiger partial charge in [-0.25, -0.2) is 8.78 Å². The van der Waals surface area contributed by atoms with Crippen LogP contribution in [0.15, 0.2) is 30.5 Å². The first-order chi connectivity index (χ1) is 14.2. The molecule has 2 aromatic rings. The molecule has 7 nitrogen and oxygen atoms in total. The van der Waals surface area contributed by atoms with Crippen LogP contribution in [-0.2, 0) is 17.8 Å². The molecule has 0 radical (unpaired) electrons. The molecule has 1 aliphatic rings. The molecule has 1 saturated heterocycles. The number of halogens is 3. The summed E-state index contributed by atoms with van der Waals surface area (Å²) in [6.45, 7) is 0.924. The number of aromatic nitrogens is 2. The van der Waals surface area contributed by atoms with Crippen LogP contribution in [0.25, 0.3) is 0 Å². The van der Waals surface area contributed by atoms with Crippen molar-refractivity contribution in [2.45, 2.75) is 38.3 Å². The Bertz CT molecular complexity index is 984. The largest absolute Gasteiger partial charge is 0.343 e. The molecule has 0 bridgehead atoms. The second-order valence-electron chi connectivity index (χ2n) is 7.18. The molecular weight excluding hydrogens is 416 g/mol. The first-order valence-electron chi connectivity index (χ1n) is 9.32. The van der Waals surface area contributed by atoms with Crippen LogP contribution in [0.4, 0.5) is 8.78 Å². The molecule has 1 aromatic heterocycles. The van der Waals surface area contributed by atoms with E-state index in [1.165, 1.54) is 0 Å². The van der Waals surface area contributed by atoms with Gasteiger partial charge in [-0.05, 0) is 31.0 Å². The predicted octanol–water partition coefficient (Wildman–Crippen LogP) is 2.58. The highest BCUT2D eigenvalue weighted by Gasteiger charge is 2.47. The maximum Gasteiger partial charge on any atom is 0.268 e. The lowest BCUT2D eigenvalue weighted by molar-refractivity contribution is -0.131. The van der Waals surface area contributed by atoms with Gasteiger partial charge in [0.2, 0.25) is 5.91 Å². The highest BCUT2D eigenvalue weighted by Crippen LogP contribution is 2.31. The third kappa shape index (κ3) is 5.13. The van der Waals surface area contributed by atoms with E-state index in [2.05, 4.69) is 10.4 Å². The van der Waals surface area contributed by atoms with E-state index in [0.717, 1.165) is 10.5 Å². The van der Waals surface area contributed by atoms with Gasteiger partial charge >= 0.3 is 0 Å². The Balaban J connectivity index is 1.56. The van der Waals surface area contributed by atoms with E-state index in [0.29, 0.717) is 29.2 Å². The molecule has 3 rings (SSSR count). The van der Waals surface area contributed by atoms with Crippen LogP contribution in [-0.4, -0.2) is 51.5 Å². The molecule has 2 amide bonds. The summed E-state index contributed by atoms with van der Waals surface area (Å²) < 4.78 is 28.6. The van der Waals surface area contributed by atoms with Crippen molar-refractivity contribution >= 4 is 23.4 Å². The van der Waals surface area contributed by atoms with E-state index in [-0.39, 0.29) is 0 Å². The number of likely N-dealkylation sites (tertiary alicyclic amines) is 1. The third-order valence-electron chi connectivity index (χ3n) is 4.87. The summed E-state index contributed by atoms with van der Waals surface area (Å²) in [6.07, 6.45) is 1.58. The molecule has 2 heterocycles. The lowest BCUT2D eigenvalue weighted by Crippen LogP contribution is -2.43. The van der Waals surface area contributed by atoms with Gasteiger partial charge in [-0.1, -0.05) is 23.7 Å². The summed E-state index contributed by atoms with van der Waals surface area (Å²) >= 11 is 5.87. The number of nitrogens with zero attached hydrogens (tertiary/aromatic N) is 4. The number of amides is 2. The number of hydrogen-bond acceptors (Lipinski definition) is 4. The minimum atomic E-state index is -3.10. The Kier molecular flexibility index (Phi) is 6.37. The van der Waals surface area contributed by atoms with Crippen molar-refractivity contribution in [2.24, 2.45) is 0 Å². The molecule has 0 saturated carbocycles. The highest BCUT2D eigenvalue weighted by molar-refractivity contribution is 6.30. The Hall–Kier alpha value is -2.99. The van der Waals surface area contributed by atoms with Gasteiger partial charge in [0.25, 0.3) is 11.8 Å². The van der Waals surface area contributed by atoms with Gasteiger partial charge in [0.05, 0.1) is 30.4 Å². The quantitative estimate of drug-likeness (QED) is 0.755. The number of rotatable bonds is 6. The fourth-order valence-electron chi connectivity index (χ4n) is 3.30. The first-order valence-corrected chi connectivity index (χ1v) is 9.70. The summed E-state index contributed by atoms with van der Waals surface area (Å²) in [5, 5.41) is 16.4. The smallest absolute Gasteiger partial charge is 0.268 e. The zero-order valence-corrected chi connectivity index (χ0v) is 17.0. The second kappa shape index (κ2) is 8.79. The van der Waals surface area contributed by atoms with Gasteiger partial charge in [-0.2, -0.15) is 10.4 Å². The van der Waals surface area contributed by atoms with Gasteiger partial charge < -0.3 is 10.2 Å². The lowest BCUT2D eigenvalue weighted by Gasteiger charge is -2.19. The van der Waals surface area contributed by atoms with Crippen molar-refractivity contribution in [3.8, 4) is 6.07 Å². The SMILES string of the molecule is Cc1nn(CCc2ccc(Cl)cc2)cc1C(=O)NCC(=O)N1CC(F)(F)C[C@H]1C#N. The number of nitriles is 1. The standard InChI is InChI=1S/C20H20ClF2N5O2/c1-13-17(11-27(26-13)7-6-14-2-4-15(21)5-3-14)19(30)25-10-18(29)28-12-20(22,23)8-16(28)9-24/h2-5,11,16H,6-8,10,12H2,1H3,(H,25,30)/t16-/m0/s1. The van der Waals surface area contributed by atoms with Crippen LogP contribution in [0.1, 0.15) is 28.0 Å². The summed E-state index contributed by atoms with van der Waals surface area (Å²) in [5.41, 5.74) is 1.85. The molecule has 30 heavy (non-hydrogen) atoms. The maximum absolute atomic E-state index is 13.5. The van der Waals surface area contributed by atoms with Crippen molar-refractivity contribution in [3.05, 3.63) is 52.3 Å². The third-order valence-corrected chi connectivity index (χ3v) is 5.13. The fraction of sp³-hybridized carbons (Fsp3) is 0.400. The van der Waals surface area contributed by atoms with E-state index < -0.39 is 43.3 Å². The summed E-state index contributed by atoms with van der Waals surface area (Å²) in [6, 6.07) is 7.93. The monoisotopic (exact) mass is 435 g/mol. The molecule has 0 unspecified atom stereocenters. The Morgan fingerprint density at radius 2 is 2.07 bits per heavy atom. The van der Waals surface area contributed by atoms with Crippen LogP contribution in [0.2, 0.25) is 5.02 Å². The number of hydrogen-bond donors (Lipinski definition) is 1. The van der Waals surface area contributed by atoms with Crippen LogP contribution < -0.4 is 5.32 Å². The normalized spacial score (nSPS) is 17.6. The molecule has 1 aromatic carbocycles. The van der Waals surface area contributed by atoms with Crippen molar-refractivity contribution < 1.29 is 18.4 Å². The van der Waals surface area contributed by atoms with Crippen molar-refractivity contribution in [3.63, 3.8) is 0 Å². The molecule has 0 spiro atoms. The summed E-state index contributed by atoms with van der Waals surface area (Å²) in [5.74, 6) is -4.35. The van der Waals surface area contributed by atoms with Gasteiger partial charge in [0.1, 0.15) is 6.04 Å². The van der Waals surface area contributed by atoms with E-state index >= 15 is 0 Å². The maximum atomic E-state index is 13.5. The molecular formula is C20H20ClF2N5O2. The van der Waals surface area contributed by atoms with Crippen molar-refractivity contribution in [2.75, 3.05) is 13.1 Å². The number of aryl methyl sites for hydroxylation is 3. The van der Waals surface area contributed by atoms with E-state index in [4.69, 9.17) is 16.9 Å². The van der Waals surface area contributed by atoms with Crippen LogP contribution >= 0.6 is 11.6 Å². The van der Waals surface area contributed by atoms with Crippen LogP contribution in [0, 0.1) is 18.3 Å². The summed E-state index contributed by atoms with van der Waals surface area (Å²) in [7, 11) is 0. The molecule has 1 aliphatic heterocycles. The number of nitrogens with one attached hydrogen (secondary N) is 1. The molecule has 0 aliphatic carbocycles. The molecule has 1 N–H and O–H groups in total. The number of alkyl halides is 2.